The molecule has 1 heterocycles. The first-order valence-electron chi connectivity index (χ1n) is 6.02. The Morgan fingerprint density at radius 2 is 2.18 bits per heavy atom. The minimum atomic E-state index is -0.766. The number of ether oxygens (including phenoxy) is 1. The summed E-state index contributed by atoms with van der Waals surface area (Å²) >= 11 is 0. The van der Waals surface area contributed by atoms with E-state index in [-0.39, 0.29) is 17.9 Å². The first-order chi connectivity index (χ1) is 8.16. The first kappa shape index (κ1) is 12.3. The van der Waals surface area contributed by atoms with E-state index in [9.17, 15) is 9.59 Å². The summed E-state index contributed by atoms with van der Waals surface area (Å²) in [6.45, 7) is 1.84. The molecule has 0 radical (unpaired) electrons. The Hall–Kier alpha value is -1.14. The van der Waals surface area contributed by atoms with E-state index < -0.39 is 12.1 Å². The number of aliphatic carboxylic acids is 1. The third kappa shape index (κ3) is 3.17. The number of hydrogen-bond acceptors (Lipinski definition) is 4. The smallest absolute Gasteiger partial charge is 0.306 e. The van der Waals surface area contributed by atoms with Gasteiger partial charge in [0.2, 0.25) is 0 Å². The molecule has 0 aromatic rings. The average molecular weight is 242 g/mol. The maximum Gasteiger partial charge on any atom is 0.306 e. The van der Waals surface area contributed by atoms with Crippen LogP contribution in [0.2, 0.25) is 0 Å². The number of morpholine rings is 1. The molecule has 1 aliphatic heterocycles. The number of rotatable bonds is 3. The molecule has 0 aromatic heterocycles. The van der Waals surface area contributed by atoms with Crippen molar-refractivity contribution in [2.75, 3.05) is 19.7 Å². The molecule has 1 saturated carbocycles. The lowest BCUT2D eigenvalue weighted by Crippen LogP contribution is -2.49. The molecule has 3 atom stereocenters. The molecule has 0 bridgehead atoms. The van der Waals surface area contributed by atoms with Crippen LogP contribution in [0.25, 0.3) is 0 Å². The Bertz CT molecular complexity index is 302. The van der Waals surface area contributed by atoms with E-state index in [1.165, 1.54) is 0 Å². The van der Waals surface area contributed by atoms with E-state index >= 15 is 0 Å². The normalized spacial score (nSPS) is 33.3. The minimum absolute atomic E-state index is 0.0193. The summed E-state index contributed by atoms with van der Waals surface area (Å²) < 4.78 is 5.33. The standard InChI is InChI=1S/C11H18N2O4/c14-10(9-6-12-3-4-17-9)13-8-2-1-7(5-8)11(15)16/h7-9,12H,1-6H2,(H,13,14)(H,15,16)/t7-,8+,9?/m1/s1. The number of carboxylic acids is 1. The molecule has 6 nitrogen and oxygen atoms in total. The lowest BCUT2D eigenvalue weighted by Gasteiger charge is -2.24. The lowest BCUT2D eigenvalue weighted by molar-refractivity contribution is -0.142. The van der Waals surface area contributed by atoms with E-state index in [4.69, 9.17) is 9.84 Å². The van der Waals surface area contributed by atoms with Crippen LogP contribution in [-0.2, 0) is 14.3 Å². The highest BCUT2D eigenvalue weighted by Gasteiger charge is 2.32. The average Bonchev–Trinajstić information content (AvgIpc) is 2.79. The molecule has 0 aromatic carbocycles. The van der Waals surface area contributed by atoms with Crippen LogP contribution in [0.3, 0.4) is 0 Å². The third-order valence-electron chi connectivity index (χ3n) is 3.35. The van der Waals surface area contributed by atoms with Gasteiger partial charge in [-0.05, 0) is 19.3 Å². The highest BCUT2D eigenvalue weighted by Crippen LogP contribution is 2.25. The fraction of sp³-hybridized carbons (Fsp3) is 0.818. The van der Waals surface area contributed by atoms with Crippen molar-refractivity contribution in [1.82, 2.24) is 10.6 Å². The van der Waals surface area contributed by atoms with Crippen LogP contribution in [0.5, 0.6) is 0 Å². The highest BCUT2D eigenvalue weighted by molar-refractivity contribution is 5.81. The highest BCUT2D eigenvalue weighted by atomic mass is 16.5. The van der Waals surface area contributed by atoms with Crippen LogP contribution in [0, 0.1) is 5.92 Å². The Morgan fingerprint density at radius 3 is 2.76 bits per heavy atom. The van der Waals surface area contributed by atoms with Crippen molar-refractivity contribution in [3.63, 3.8) is 0 Å². The van der Waals surface area contributed by atoms with Gasteiger partial charge in [-0.3, -0.25) is 9.59 Å². The van der Waals surface area contributed by atoms with Crippen LogP contribution in [0.15, 0.2) is 0 Å². The molecule has 1 aliphatic carbocycles. The van der Waals surface area contributed by atoms with Crippen LogP contribution in [0.1, 0.15) is 19.3 Å². The topological polar surface area (TPSA) is 87.7 Å². The van der Waals surface area contributed by atoms with Gasteiger partial charge >= 0.3 is 5.97 Å². The number of carboxylic acid groups (broad SMARTS) is 1. The van der Waals surface area contributed by atoms with Gasteiger partial charge in [0.15, 0.2) is 0 Å². The van der Waals surface area contributed by atoms with Gasteiger partial charge in [0.25, 0.3) is 5.91 Å². The summed E-state index contributed by atoms with van der Waals surface area (Å²) in [5.74, 6) is -1.21. The molecule has 6 heteroatoms. The SMILES string of the molecule is O=C(N[C@H]1CC[C@@H](C(=O)O)C1)C1CNCCO1. The van der Waals surface area contributed by atoms with Crippen molar-refractivity contribution in [2.24, 2.45) is 5.92 Å². The maximum absolute atomic E-state index is 11.8. The van der Waals surface area contributed by atoms with Gasteiger partial charge in [-0.1, -0.05) is 0 Å². The van der Waals surface area contributed by atoms with E-state index in [1.807, 2.05) is 0 Å². The molecule has 3 N–H and O–H groups in total. The Balaban J connectivity index is 1.77. The zero-order chi connectivity index (χ0) is 12.3. The monoisotopic (exact) mass is 242 g/mol. The van der Waals surface area contributed by atoms with E-state index in [2.05, 4.69) is 10.6 Å². The summed E-state index contributed by atoms with van der Waals surface area (Å²) in [6, 6.07) is -0.0193. The van der Waals surface area contributed by atoms with Crippen molar-refractivity contribution in [3.05, 3.63) is 0 Å². The second-order valence-corrected chi connectivity index (χ2v) is 4.62. The second kappa shape index (κ2) is 5.46. The largest absolute Gasteiger partial charge is 0.481 e. The molecule has 1 amide bonds. The fourth-order valence-corrected chi connectivity index (χ4v) is 2.36. The maximum atomic E-state index is 11.8. The predicted octanol–water partition coefficient (Wildman–Crippen LogP) is -0.656. The summed E-state index contributed by atoms with van der Waals surface area (Å²) in [5, 5.41) is 14.8. The molecule has 1 unspecified atom stereocenters. The van der Waals surface area contributed by atoms with Gasteiger partial charge in [-0.25, -0.2) is 0 Å². The number of nitrogens with one attached hydrogen (secondary N) is 2. The van der Waals surface area contributed by atoms with Gasteiger partial charge in [0.1, 0.15) is 6.10 Å². The van der Waals surface area contributed by atoms with E-state index in [0.717, 1.165) is 13.0 Å². The van der Waals surface area contributed by atoms with Crippen molar-refractivity contribution < 1.29 is 19.4 Å². The first-order valence-corrected chi connectivity index (χ1v) is 6.02. The second-order valence-electron chi connectivity index (χ2n) is 4.62. The number of amides is 1. The predicted molar refractivity (Wildman–Crippen MR) is 59.5 cm³/mol. The Morgan fingerprint density at radius 1 is 1.35 bits per heavy atom. The number of carbonyl (C=O) groups excluding carboxylic acids is 1. The molecule has 2 aliphatic rings. The third-order valence-corrected chi connectivity index (χ3v) is 3.35. The van der Waals surface area contributed by atoms with Crippen LogP contribution in [0.4, 0.5) is 0 Å². The fourth-order valence-electron chi connectivity index (χ4n) is 2.36. The quantitative estimate of drug-likeness (QED) is 0.612. The van der Waals surface area contributed by atoms with Crippen molar-refractivity contribution in [1.29, 1.82) is 0 Å². The van der Waals surface area contributed by atoms with Crippen molar-refractivity contribution in [3.8, 4) is 0 Å². The molecular formula is C11H18N2O4. The molecule has 2 rings (SSSR count). The van der Waals surface area contributed by atoms with E-state index in [1.54, 1.807) is 0 Å². The van der Waals surface area contributed by atoms with Crippen LogP contribution >= 0.6 is 0 Å². The van der Waals surface area contributed by atoms with Crippen molar-refractivity contribution in [2.45, 2.75) is 31.4 Å². The zero-order valence-corrected chi connectivity index (χ0v) is 9.65. The zero-order valence-electron chi connectivity index (χ0n) is 9.65. The summed E-state index contributed by atoms with van der Waals surface area (Å²) in [7, 11) is 0. The van der Waals surface area contributed by atoms with Crippen molar-refractivity contribution >= 4 is 11.9 Å². The van der Waals surface area contributed by atoms with Crippen LogP contribution < -0.4 is 10.6 Å². The summed E-state index contributed by atoms with van der Waals surface area (Å²) in [5.41, 5.74) is 0. The molecule has 2 fully saturated rings. The van der Waals surface area contributed by atoms with Gasteiger partial charge in [0, 0.05) is 19.1 Å². The minimum Gasteiger partial charge on any atom is -0.481 e. The van der Waals surface area contributed by atoms with Gasteiger partial charge < -0.3 is 20.5 Å². The Kier molecular flexibility index (Phi) is 3.96. The number of hydrogen-bond donors (Lipinski definition) is 3. The van der Waals surface area contributed by atoms with Gasteiger partial charge in [-0.2, -0.15) is 0 Å². The van der Waals surface area contributed by atoms with Gasteiger partial charge in [0.05, 0.1) is 12.5 Å². The summed E-state index contributed by atoms with van der Waals surface area (Å²) in [4.78, 5) is 22.6. The van der Waals surface area contributed by atoms with Gasteiger partial charge in [-0.15, -0.1) is 0 Å². The van der Waals surface area contributed by atoms with E-state index in [0.29, 0.717) is 26.0 Å². The molecule has 17 heavy (non-hydrogen) atoms. The molecule has 0 spiro atoms. The summed E-state index contributed by atoms with van der Waals surface area (Å²) in [6.07, 6.45) is 1.47. The lowest BCUT2D eigenvalue weighted by atomic mass is 10.1. The molecule has 1 saturated heterocycles. The number of carbonyl (C=O) groups is 2. The van der Waals surface area contributed by atoms with Crippen LogP contribution in [-0.4, -0.2) is 48.8 Å². The molecular weight excluding hydrogens is 224 g/mol. The Labute approximate surface area is 99.7 Å². The molecule has 96 valence electrons.